The maximum atomic E-state index is 12.6. The van der Waals surface area contributed by atoms with Crippen molar-refractivity contribution in [3.63, 3.8) is 0 Å². The fraction of sp³-hybridized carbons (Fsp3) is 0.500. The molecule has 2 N–H and O–H groups in total. The first-order chi connectivity index (χ1) is 9.15. The van der Waals surface area contributed by atoms with Gasteiger partial charge in [-0.25, -0.2) is 4.98 Å². The van der Waals surface area contributed by atoms with Crippen LogP contribution in [0.25, 0.3) is 11.0 Å². The molecule has 3 nitrogen and oxygen atoms in total. The number of hydrogen-bond donors (Lipinski definition) is 2. The summed E-state index contributed by atoms with van der Waals surface area (Å²) in [6.45, 7) is 6.89. The van der Waals surface area contributed by atoms with Gasteiger partial charge in [-0.3, -0.25) is 0 Å². The van der Waals surface area contributed by atoms with E-state index >= 15 is 0 Å². The van der Waals surface area contributed by atoms with Crippen molar-refractivity contribution in [3.8, 4) is 0 Å². The Bertz CT molecular complexity index is 594. The second-order valence-electron chi connectivity index (χ2n) is 5.84. The lowest BCUT2D eigenvalue weighted by Crippen LogP contribution is -2.37. The minimum atomic E-state index is -4.33. The van der Waals surface area contributed by atoms with E-state index in [0.29, 0.717) is 23.3 Å². The van der Waals surface area contributed by atoms with Crippen LogP contribution in [0.15, 0.2) is 18.2 Å². The number of nitrogens with zero attached hydrogens (tertiary/aromatic N) is 1. The Morgan fingerprint density at radius 3 is 2.50 bits per heavy atom. The van der Waals surface area contributed by atoms with Crippen LogP contribution in [0.4, 0.5) is 13.2 Å². The van der Waals surface area contributed by atoms with Gasteiger partial charge in [0.15, 0.2) is 0 Å². The highest BCUT2D eigenvalue weighted by Crippen LogP contribution is 2.30. The molecule has 1 aromatic carbocycles. The van der Waals surface area contributed by atoms with Crippen LogP contribution in [0.2, 0.25) is 0 Å². The summed E-state index contributed by atoms with van der Waals surface area (Å²) in [6, 6.07) is 3.55. The molecule has 0 aliphatic heterocycles. The minimum absolute atomic E-state index is 0.00939. The number of H-pyrrole nitrogens is 1. The van der Waals surface area contributed by atoms with Gasteiger partial charge in [-0.2, -0.15) is 13.2 Å². The molecule has 0 atom stereocenters. The fourth-order valence-corrected chi connectivity index (χ4v) is 1.91. The minimum Gasteiger partial charge on any atom is -0.342 e. The summed E-state index contributed by atoms with van der Waals surface area (Å²) in [6.07, 6.45) is -3.68. The molecule has 20 heavy (non-hydrogen) atoms. The molecule has 0 saturated carbocycles. The third kappa shape index (κ3) is 3.72. The van der Waals surface area contributed by atoms with Crippen molar-refractivity contribution in [1.82, 2.24) is 15.3 Å². The van der Waals surface area contributed by atoms with Gasteiger partial charge < -0.3 is 10.3 Å². The van der Waals surface area contributed by atoms with Crippen LogP contribution in [0.1, 0.15) is 32.2 Å². The average Bonchev–Trinajstić information content (AvgIpc) is 2.67. The Morgan fingerprint density at radius 2 is 1.90 bits per heavy atom. The van der Waals surface area contributed by atoms with Crippen LogP contribution in [0.3, 0.4) is 0 Å². The molecule has 1 aromatic heterocycles. The Kier molecular flexibility index (Phi) is 3.77. The molecule has 0 amide bonds. The number of alkyl halides is 3. The van der Waals surface area contributed by atoms with Crippen molar-refractivity contribution >= 4 is 11.0 Å². The van der Waals surface area contributed by atoms with E-state index in [0.717, 1.165) is 18.7 Å². The van der Waals surface area contributed by atoms with E-state index < -0.39 is 11.7 Å². The Morgan fingerprint density at radius 1 is 1.20 bits per heavy atom. The molecule has 0 radical (unpaired) electrons. The van der Waals surface area contributed by atoms with Gasteiger partial charge in [0.1, 0.15) is 5.82 Å². The summed E-state index contributed by atoms with van der Waals surface area (Å²) in [5.74, 6) is 0.691. The topological polar surface area (TPSA) is 40.7 Å². The van der Waals surface area contributed by atoms with E-state index in [1.54, 1.807) is 0 Å². The van der Waals surface area contributed by atoms with Crippen molar-refractivity contribution in [1.29, 1.82) is 0 Å². The summed E-state index contributed by atoms with van der Waals surface area (Å²) in [7, 11) is 0. The number of fused-ring (bicyclic) bond motifs is 1. The number of nitrogens with one attached hydrogen (secondary N) is 2. The smallest absolute Gasteiger partial charge is 0.342 e. The molecule has 0 spiro atoms. The first-order valence-electron chi connectivity index (χ1n) is 6.46. The number of benzene rings is 1. The third-order valence-corrected chi connectivity index (χ3v) is 2.88. The van der Waals surface area contributed by atoms with E-state index in [4.69, 9.17) is 0 Å². The Hall–Kier alpha value is -1.56. The Balaban J connectivity index is 2.13. The summed E-state index contributed by atoms with van der Waals surface area (Å²) in [5.41, 5.74) is 0.331. The second-order valence-corrected chi connectivity index (χ2v) is 5.84. The summed E-state index contributed by atoms with van der Waals surface area (Å²) < 4.78 is 37.8. The van der Waals surface area contributed by atoms with Gasteiger partial charge in [0.05, 0.1) is 16.6 Å². The molecule has 0 saturated heterocycles. The number of aromatic nitrogens is 2. The highest BCUT2D eigenvalue weighted by Gasteiger charge is 2.30. The second kappa shape index (κ2) is 5.09. The van der Waals surface area contributed by atoms with E-state index in [1.165, 1.54) is 6.07 Å². The van der Waals surface area contributed by atoms with Gasteiger partial charge in [0.25, 0.3) is 0 Å². The number of rotatable bonds is 3. The maximum Gasteiger partial charge on any atom is 0.416 e. The number of halogens is 3. The summed E-state index contributed by atoms with van der Waals surface area (Å²) in [4.78, 5) is 7.24. The van der Waals surface area contributed by atoms with Crippen LogP contribution in [0.5, 0.6) is 0 Å². The lowest BCUT2D eigenvalue weighted by molar-refractivity contribution is -0.137. The molecule has 0 unspecified atom stereocenters. The molecule has 2 rings (SSSR count). The van der Waals surface area contributed by atoms with E-state index in [9.17, 15) is 13.2 Å². The lowest BCUT2D eigenvalue weighted by atomic mass is 10.1. The zero-order valence-corrected chi connectivity index (χ0v) is 11.7. The maximum absolute atomic E-state index is 12.6. The van der Waals surface area contributed by atoms with Gasteiger partial charge in [-0.15, -0.1) is 0 Å². The third-order valence-electron chi connectivity index (χ3n) is 2.88. The van der Waals surface area contributed by atoms with Gasteiger partial charge in [0, 0.05) is 18.5 Å². The molecule has 110 valence electrons. The molecular weight excluding hydrogens is 267 g/mol. The molecule has 2 aromatic rings. The summed E-state index contributed by atoms with van der Waals surface area (Å²) in [5, 5.41) is 3.31. The first-order valence-corrected chi connectivity index (χ1v) is 6.46. The van der Waals surface area contributed by atoms with E-state index in [1.807, 2.05) is 0 Å². The van der Waals surface area contributed by atoms with Crippen LogP contribution in [-0.2, 0) is 12.6 Å². The number of aromatic amines is 1. The highest BCUT2D eigenvalue weighted by molar-refractivity contribution is 5.76. The molecule has 0 aliphatic carbocycles. The number of imidazole rings is 1. The molecule has 1 heterocycles. The predicted molar refractivity (Wildman–Crippen MR) is 72.6 cm³/mol. The van der Waals surface area contributed by atoms with Gasteiger partial charge in [-0.1, -0.05) is 0 Å². The van der Waals surface area contributed by atoms with Crippen LogP contribution in [-0.4, -0.2) is 22.1 Å². The quantitative estimate of drug-likeness (QED) is 0.906. The van der Waals surface area contributed by atoms with Gasteiger partial charge in [-0.05, 0) is 39.0 Å². The normalized spacial score (nSPS) is 13.1. The molecule has 6 heteroatoms. The predicted octanol–water partition coefficient (Wildman–Crippen LogP) is 3.51. The fourth-order valence-electron chi connectivity index (χ4n) is 1.91. The molecule has 0 fully saturated rings. The van der Waals surface area contributed by atoms with E-state index in [-0.39, 0.29) is 5.54 Å². The standard InChI is InChI=1S/C14H18F3N3/c1-13(2,3)18-7-6-12-19-10-5-4-9(14(15,16)17)8-11(10)20-12/h4-5,8,18H,6-7H2,1-3H3,(H,19,20). The van der Waals surface area contributed by atoms with Crippen LogP contribution >= 0.6 is 0 Å². The SMILES string of the molecule is CC(C)(C)NCCc1nc2ccc(C(F)(F)F)cc2[nH]1. The average molecular weight is 285 g/mol. The van der Waals surface area contributed by atoms with Crippen molar-refractivity contribution in [2.45, 2.75) is 38.9 Å². The van der Waals surface area contributed by atoms with Gasteiger partial charge in [0.2, 0.25) is 0 Å². The molecule has 0 aliphatic rings. The van der Waals surface area contributed by atoms with Crippen molar-refractivity contribution in [3.05, 3.63) is 29.6 Å². The van der Waals surface area contributed by atoms with Crippen LogP contribution in [0, 0.1) is 0 Å². The van der Waals surface area contributed by atoms with Crippen LogP contribution < -0.4 is 5.32 Å². The van der Waals surface area contributed by atoms with Crippen molar-refractivity contribution in [2.75, 3.05) is 6.54 Å². The monoisotopic (exact) mass is 285 g/mol. The number of hydrogen-bond acceptors (Lipinski definition) is 2. The molecular formula is C14H18F3N3. The lowest BCUT2D eigenvalue weighted by Gasteiger charge is -2.19. The van der Waals surface area contributed by atoms with Gasteiger partial charge >= 0.3 is 6.18 Å². The highest BCUT2D eigenvalue weighted by atomic mass is 19.4. The zero-order valence-electron chi connectivity index (χ0n) is 11.7. The Labute approximate surface area is 115 Å². The van der Waals surface area contributed by atoms with Crippen molar-refractivity contribution < 1.29 is 13.2 Å². The van der Waals surface area contributed by atoms with Crippen molar-refractivity contribution in [2.24, 2.45) is 0 Å². The zero-order chi connectivity index (χ0) is 15.0. The summed E-state index contributed by atoms with van der Waals surface area (Å²) >= 11 is 0. The largest absolute Gasteiger partial charge is 0.416 e. The van der Waals surface area contributed by atoms with E-state index in [2.05, 4.69) is 36.1 Å². The molecule has 0 bridgehead atoms. The first kappa shape index (κ1) is 14.8.